The maximum absolute atomic E-state index is 11.3. The highest BCUT2D eigenvalue weighted by Gasteiger charge is 2.37. The zero-order valence-electron chi connectivity index (χ0n) is 11.2. The van der Waals surface area contributed by atoms with Crippen LogP contribution in [0.25, 0.3) is 11.1 Å². The lowest BCUT2D eigenvalue weighted by molar-refractivity contribution is -0.401. The van der Waals surface area contributed by atoms with Gasteiger partial charge in [-0.2, -0.15) is 0 Å². The van der Waals surface area contributed by atoms with E-state index in [9.17, 15) is 30.3 Å². The van der Waals surface area contributed by atoms with Crippen LogP contribution in [0, 0.1) is 35.9 Å². The normalized spacial score (nSPS) is 10.1. The van der Waals surface area contributed by atoms with Gasteiger partial charge in [-0.3, -0.25) is 30.3 Å². The molecule has 23 heavy (non-hydrogen) atoms. The molecule has 0 aliphatic carbocycles. The van der Waals surface area contributed by atoms with Gasteiger partial charge >= 0.3 is 11.4 Å². The van der Waals surface area contributed by atoms with E-state index in [0.29, 0.717) is 6.07 Å². The number of benzene rings is 2. The maximum atomic E-state index is 11.3. The average Bonchev–Trinajstić information content (AvgIpc) is 2.53. The topological polar surface area (TPSA) is 166 Å². The largest absolute Gasteiger partial charge is 0.318 e. The summed E-state index contributed by atoms with van der Waals surface area (Å²) >= 11 is 0. The number of hydrogen-bond acceptors (Lipinski definition) is 8. The van der Waals surface area contributed by atoms with Crippen molar-refractivity contribution in [3.8, 4) is 11.1 Å². The molecule has 1 N–H and O–H groups in total. The summed E-state index contributed by atoms with van der Waals surface area (Å²) in [5, 5.41) is 36.4. The van der Waals surface area contributed by atoms with Gasteiger partial charge in [-0.15, -0.1) is 5.11 Å². The Kier molecular flexibility index (Phi) is 4.03. The molecule has 116 valence electrons. The number of hydrogen-bond donors (Lipinski definition) is 1. The molecule has 0 aliphatic rings. The third-order valence-corrected chi connectivity index (χ3v) is 2.98. The van der Waals surface area contributed by atoms with E-state index in [1.54, 1.807) is 6.07 Å². The molecule has 0 saturated carbocycles. The van der Waals surface area contributed by atoms with E-state index in [1.807, 2.05) is 0 Å². The Balaban J connectivity index is 3.04. The summed E-state index contributed by atoms with van der Waals surface area (Å²) in [7, 11) is 0. The molecule has 0 radical (unpaired) electrons. The Hall–Kier alpha value is -3.76. The fourth-order valence-corrected chi connectivity index (χ4v) is 2.09. The first-order chi connectivity index (χ1) is 10.9. The Bertz CT molecular complexity index is 836. The first kappa shape index (κ1) is 15.6. The third-order valence-electron chi connectivity index (χ3n) is 2.98. The number of nitrogens with zero attached hydrogens (tertiary/aromatic N) is 4. The highest BCUT2D eigenvalue weighted by atomic mass is 16.6. The van der Waals surface area contributed by atoms with Gasteiger partial charge in [0.15, 0.2) is 0 Å². The van der Waals surface area contributed by atoms with Crippen LogP contribution in [0.4, 0.5) is 22.7 Å². The molecule has 0 unspecified atom stereocenters. The number of nitro benzene ring substituents is 3. The van der Waals surface area contributed by atoms with Crippen molar-refractivity contribution in [3.63, 3.8) is 0 Å². The minimum absolute atomic E-state index is 0.116. The summed E-state index contributed by atoms with van der Waals surface area (Å²) in [6.07, 6.45) is 0. The van der Waals surface area contributed by atoms with E-state index in [0.717, 1.165) is 0 Å². The summed E-state index contributed by atoms with van der Waals surface area (Å²) in [5.74, 6) is 0. The molecule has 0 bridgehead atoms. The van der Waals surface area contributed by atoms with Crippen LogP contribution in [0.3, 0.4) is 0 Å². The van der Waals surface area contributed by atoms with E-state index in [4.69, 9.17) is 5.53 Å². The number of nitrogens with one attached hydrogen (secondary N) is 1. The number of nitro groups is 3. The lowest BCUT2D eigenvalue weighted by Gasteiger charge is -2.06. The van der Waals surface area contributed by atoms with Gasteiger partial charge in [0.2, 0.25) is 5.69 Å². The molecule has 11 nitrogen and oxygen atoms in total. The molecule has 11 heteroatoms. The van der Waals surface area contributed by atoms with E-state index in [1.165, 1.54) is 24.3 Å². The predicted molar refractivity (Wildman–Crippen MR) is 76.6 cm³/mol. The Morgan fingerprint density at radius 2 is 1.43 bits per heavy atom. The second kappa shape index (κ2) is 5.93. The zero-order chi connectivity index (χ0) is 17.1. The van der Waals surface area contributed by atoms with Crippen LogP contribution in [-0.2, 0) is 0 Å². The quantitative estimate of drug-likeness (QED) is 0.500. The smallest absolute Gasteiger partial charge is 0.258 e. The standard InChI is InChI=1S/C12H7N5O6/c13-14-11-9(16(20)21)6-8(15(18)19)10(12(11)17(22)23)7-4-2-1-3-5-7/h1-6,13H. The van der Waals surface area contributed by atoms with Gasteiger partial charge in [0.05, 0.1) is 20.8 Å². The Labute approximate surface area is 127 Å². The maximum Gasteiger partial charge on any atom is 0.318 e. The summed E-state index contributed by atoms with van der Waals surface area (Å²) in [5.41, 5.74) is 3.11. The van der Waals surface area contributed by atoms with Gasteiger partial charge in [-0.25, -0.2) is 5.53 Å². The van der Waals surface area contributed by atoms with Gasteiger partial charge in [0, 0.05) is 0 Å². The van der Waals surface area contributed by atoms with Crippen LogP contribution in [0.5, 0.6) is 0 Å². The zero-order valence-corrected chi connectivity index (χ0v) is 11.2. The molecule has 0 spiro atoms. The fourth-order valence-electron chi connectivity index (χ4n) is 2.09. The molecule has 0 atom stereocenters. The van der Waals surface area contributed by atoms with Crippen molar-refractivity contribution in [1.29, 1.82) is 5.53 Å². The summed E-state index contributed by atoms with van der Waals surface area (Å²) in [4.78, 5) is 30.5. The monoisotopic (exact) mass is 317 g/mol. The minimum atomic E-state index is -1.05. The van der Waals surface area contributed by atoms with Gasteiger partial charge in [-0.1, -0.05) is 30.3 Å². The van der Waals surface area contributed by atoms with Crippen molar-refractivity contribution in [2.24, 2.45) is 5.11 Å². The average molecular weight is 317 g/mol. The van der Waals surface area contributed by atoms with Crippen LogP contribution in [-0.4, -0.2) is 14.8 Å². The van der Waals surface area contributed by atoms with Crippen LogP contribution in [0.2, 0.25) is 0 Å². The molecule has 0 fully saturated rings. The first-order valence-electron chi connectivity index (χ1n) is 5.95. The van der Waals surface area contributed by atoms with Crippen LogP contribution in [0.1, 0.15) is 0 Å². The highest BCUT2D eigenvalue weighted by Crippen LogP contribution is 2.48. The summed E-state index contributed by atoms with van der Waals surface area (Å²) in [6.45, 7) is 0. The SMILES string of the molecule is N=Nc1c([N+](=O)[O-])cc([N+](=O)[O-])c(-c2ccccc2)c1[N+](=O)[O-]. The molecule has 0 aliphatic heterocycles. The van der Waals surface area contributed by atoms with Crippen molar-refractivity contribution in [3.05, 3.63) is 66.7 Å². The van der Waals surface area contributed by atoms with Gasteiger partial charge in [0.1, 0.15) is 5.56 Å². The predicted octanol–water partition coefficient (Wildman–Crippen LogP) is 3.74. The van der Waals surface area contributed by atoms with Crippen molar-refractivity contribution in [1.82, 2.24) is 0 Å². The minimum Gasteiger partial charge on any atom is -0.258 e. The van der Waals surface area contributed by atoms with Gasteiger partial charge in [0.25, 0.3) is 5.69 Å². The van der Waals surface area contributed by atoms with Crippen molar-refractivity contribution in [2.45, 2.75) is 0 Å². The Morgan fingerprint density at radius 1 is 0.870 bits per heavy atom. The van der Waals surface area contributed by atoms with Crippen LogP contribution in [0.15, 0.2) is 41.5 Å². The molecule has 2 aromatic carbocycles. The first-order valence-corrected chi connectivity index (χ1v) is 5.95. The second-order valence-electron chi connectivity index (χ2n) is 4.24. The fraction of sp³-hybridized carbons (Fsp3) is 0. The lowest BCUT2D eigenvalue weighted by atomic mass is 9.99. The van der Waals surface area contributed by atoms with E-state index < -0.39 is 43.1 Å². The molecule has 0 amide bonds. The van der Waals surface area contributed by atoms with Crippen LogP contribution < -0.4 is 0 Å². The molecule has 0 aromatic heterocycles. The molecule has 2 aromatic rings. The van der Waals surface area contributed by atoms with Crippen molar-refractivity contribution < 1.29 is 14.8 Å². The van der Waals surface area contributed by atoms with E-state index in [-0.39, 0.29) is 5.56 Å². The number of rotatable bonds is 5. The van der Waals surface area contributed by atoms with E-state index in [2.05, 4.69) is 5.11 Å². The lowest BCUT2D eigenvalue weighted by Crippen LogP contribution is -2.01. The molecular weight excluding hydrogens is 310 g/mol. The van der Waals surface area contributed by atoms with E-state index >= 15 is 0 Å². The van der Waals surface area contributed by atoms with Gasteiger partial charge < -0.3 is 0 Å². The second-order valence-corrected chi connectivity index (χ2v) is 4.24. The molecular formula is C12H7N5O6. The summed E-state index contributed by atoms with van der Waals surface area (Å²) in [6, 6.07) is 7.94. The van der Waals surface area contributed by atoms with Crippen molar-refractivity contribution in [2.75, 3.05) is 0 Å². The van der Waals surface area contributed by atoms with Crippen LogP contribution >= 0.6 is 0 Å². The molecule has 2 rings (SSSR count). The molecule has 0 heterocycles. The Morgan fingerprint density at radius 3 is 1.87 bits per heavy atom. The third kappa shape index (κ3) is 2.70. The van der Waals surface area contributed by atoms with Crippen molar-refractivity contribution >= 4 is 22.7 Å². The molecule has 0 saturated heterocycles. The highest BCUT2D eigenvalue weighted by molar-refractivity contribution is 5.92. The summed E-state index contributed by atoms with van der Waals surface area (Å²) < 4.78 is 0. The van der Waals surface area contributed by atoms with Gasteiger partial charge in [-0.05, 0) is 5.56 Å².